The van der Waals surface area contributed by atoms with Crippen LogP contribution in [0.2, 0.25) is 0 Å². The lowest BCUT2D eigenvalue weighted by molar-refractivity contribution is 1.23. The van der Waals surface area contributed by atoms with Crippen molar-refractivity contribution in [3.8, 4) is 0 Å². The zero-order valence-corrected chi connectivity index (χ0v) is 7.59. The monoisotopic (exact) mass is 181 g/mol. The third kappa shape index (κ3) is 2.26. The lowest BCUT2D eigenvalue weighted by atomic mass is 10.3. The molecule has 14 heavy (non-hydrogen) atoms. The minimum atomic E-state index is 0.840. The van der Waals surface area contributed by atoms with Crippen molar-refractivity contribution >= 4 is 11.4 Å². The molecule has 0 N–H and O–H groups in total. The van der Waals surface area contributed by atoms with Crippen molar-refractivity contribution in [2.45, 2.75) is 0 Å². The summed E-state index contributed by atoms with van der Waals surface area (Å²) in [7, 11) is 0. The van der Waals surface area contributed by atoms with Gasteiger partial charge in [-0.05, 0) is 30.3 Å². The second kappa shape index (κ2) is 4.33. The van der Waals surface area contributed by atoms with E-state index in [9.17, 15) is 0 Å². The summed E-state index contributed by atoms with van der Waals surface area (Å²) < 4.78 is 0. The molecule has 0 aliphatic heterocycles. The molecule has 2 rings (SSSR count). The molecule has 0 bridgehead atoms. The van der Waals surface area contributed by atoms with Crippen molar-refractivity contribution in [1.29, 1.82) is 0 Å². The highest BCUT2D eigenvalue weighted by molar-refractivity contribution is 5.38. The summed E-state index contributed by atoms with van der Waals surface area (Å²) in [5.74, 6) is 0. The number of nitrogens with zero attached hydrogens (tertiary/aromatic N) is 2. The fraction of sp³-hybridized carbons (Fsp3) is 0. The average molecular weight is 181 g/mol. The van der Waals surface area contributed by atoms with Gasteiger partial charge in [0.05, 0.1) is 11.4 Å². The van der Waals surface area contributed by atoms with Crippen molar-refractivity contribution in [3.63, 3.8) is 0 Å². The molecule has 2 aromatic carbocycles. The fourth-order valence-corrected chi connectivity index (χ4v) is 1.05. The van der Waals surface area contributed by atoms with Gasteiger partial charge in [0.2, 0.25) is 0 Å². The van der Waals surface area contributed by atoms with Crippen LogP contribution in [0.1, 0.15) is 0 Å². The van der Waals surface area contributed by atoms with Crippen molar-refractivity contribution in [2.24, 2.45) is 10.2 Å². The summed E-state index contributed by atoms with van der Waals surface area (Å²) in [5, 5.41) is 8.17. The zero-order valence-electron chi connectivity index (χ0n) is 7.59. The van der Waals surface area contributed by atoms with E-state index in [1.165, 1.54) is 0 Å². The Balaban J connectivity index is 2.16. The van der Waals surface area contributed by atoms with Crippen LogP contribution >= 0.6 is 0 Å². The van der Waals surface area contributed by atoms with Gasteiger partial charge in [0.1, 0.15) is 0 Å². The average Bonchev–Trinajstić information content (AvgIpc) is 2.29. The number of benzene rings is 2. The molecule has 2 aromatic rings. The van der Waals surface area contributed by atoms with E-state index in [2.05, 4.69) is 16.3 Å². The van der Waals surface area contributed by atoms with E-state index in [0.29, 0.717) is 0 Å². The Morgan fingerprint density at radius 1 is 0.714 bits per heavy atom. The third-order valence-corrected chi connectivity index (χ3v) is 1.74. The standard InChI is InChI=1S/C12H9N2/c1-3-7-11(8-4-1)13-14-12-9-5-2-6-10-12/h1,3-10H. The van der Waals surface area contributed by atoms with Crippen LogP contribution in [0.3, 0.4) is 0 Å². The highest BCUT2D eigenvalue weighted by Crippen LogP contribution is 2.16. The van der Waals surface area contributed by atoms with Crippen LogP contribution in [0.5, 0.6) is 0 Å². The topological polar surface area (TPSA) is 24.7 Å². The molecule has 67 valence electrons. The first kappa shape index (κ1) is 8.63. The Morgan fingerprint density at radius 2 is 1.29 bits per heavy atom. The second-order valence-electron chi connectivity index (χ2n) is 2.79. The van der Waals surface area contributed by atoms with Crippen LogP contribution in [0.15, 0.2) is 64.8 Å². The number of hydrogen-bond acceptors (Lipinski definition) is 2. The molecule has 0 saturated carbocycles. The maximum Gasteiger partial charge on any atom is 0.0857 e. The van der Waals surface area contributed by atoms with Crippen LogP contribution < -0.4 is 0 Å². The molecule has 0 heterocycles. The lowest BCUT2D eigenvalue weighted by Gasteiger charge is -1.90. The summed E-state index contributed by atoms with van der Waals surface area (Å²) >= 11 is 0. The van der Waals surface area contributed by atoms with Crippen LogP contribution in [0.4, 0.5) is 11.4 Å². The van der Waals surface area contributed by atoms with Crippen molar-refractivity contribution in [3.05, 3.63) is 60.7 Å². The number of azo groups is 1. The molecule has 0 spiro atoms. The highest BCUT2D eigenvalue weighted by atomic mass is 15.1. The van der Waals surface area contributed by atoms with Gasteiger partial charge in [-0.25, -0.2) is 0 Å². The summed E-state index contributed by atoms with van der Waals surface area (Å²) in [6.45, 7) is 0. The normalized spacial score (nSPS) is 10.6. The van der Waals surface area contributed by atoms with E-state index in [-0.39, 0.29) is 0 Å². The van der Waals surface area contributed by atoms with Gasteiger partial charge >= 0.3 is 0 Å². The van der Waals surface area contributed by atoms with Gasteiger partial charge in [-0.2, -0.15) is 10.2 Å². The third-order valence-electron chi connectivity index (χ3n) is 1.74. The summed E-state index contributed by atoms with van der Waals surface area (Å²) in [6.07, 6.45) is 0. The predicted molar refractivity (Wildman–Crippen MR) is 55.9 cm³/mol. The number of hydrogen-bond donors (Lipinski definition) is 0. The Bertz CT molecular complexity index is 365. The van der Waals surface area contributed by atoms with Crippen molar-refractivity contribution in [2.75, 3.05) is 0 Å². The van der Waals surface area contributed by atoms with E-state index in [4.69, 9.17) is 0 Å². The molecular weight excluding hydrogens is 172 g/mol. The number of rotatable bonds is 2. The van der Waals surface area contributed by atoms with Gasteiger partial charge in [-0.15, -0.1) is 0 Å². The van der Waals surface area contributed by atoms with Gasteiger partial charge in [0.15, 0.2) is 0 Å². The van der Waals surface area contributed by atoms with Crippen LogP contribution in [-0.2, 0) is 0 Å². The lowest BCUT2D eigenvalue weighted by Crippen LogP contribution is -1.62. The molecule has 0 saturated heterocycles. The van der Waals surface area contributed by atoms with Gasteiger partial charge in [0.25, 0.3) is 0 Å². The first-order valence-corrected chi connectivity index (χ1v) is 4.38. The minimum Gasteiger partial charge on any atom is -0.151 e. The quantitative estimate of drug-likeness (QED) is 0.627. The molecule has 2 heteroatoms. The maximum atomic E-state index is 4.09. The van der Waals surface area contributed by atoms with Crippen LogP contribution in [0.25, 0.3) is 0 Å². The molecule has 0 aliphatic rings. The van der Waals surface area contributed by atoms with E-state index >= 15 is 0 Å². The van der Waals surface area contributed by atoms with Crippen LogP contribution in [0, 0.1) is 6.07 Å². The molecule has 1 radical (unpaired) electrons. The van der Waals surface area contributed by atoms with Gasteiger partial charge in [0, 0.05) is 0 Å². The van der Waals surface area contributed by atoms with Crippen molar-refractivity contribution in [1.82, 2.24) is 0 Å². The highest BCUT2D eigenvalue weighted by Gasteiger charge is 1.86. The maximum absolute atomic E-state index is 4.09. The van der Waals surface area contributed by atoms with E-state index in [1.807, 2.05) is 54.6 Å². The molecule has 0 aromatic heterocycles. The van der Waals surface area contributed by atoms with Gasteiger partial charge in [-0.3, -0.25) is 0 Å². The molecule has 0 unspecified atom stereocenters. The Morgan fingerprint density at radius 3 is 1.93 bits per heavy atom. The Kier molecular flexibility index (Phi) is 2.67. The van der Waals surface area contributed by atoms with E-state index < -0.39 is 0 Å². The second-order valence-corrected chi connectivity index (χ2v) is 2.79. The summed E-state index contributed by atoms with van der Waals surface area (Å²) in [4.78, 5) is 0. The Labute approximate surface area is 82.9 Å². The molecule has 2 nitrogen and oxygen atoms in total. The SMILES string of the molecule is [c]1ccc(N=Nc2ccccc2)cc1. The van der Waals surface area contributed by atoms with Crippen molar-refractivity contribution < 1.29 is 0 Å². The van der Waals surface area contributed by atoms with Gasteiger partial charge < -0.3 is 0 Å². The fourth-order valence-electron chi connectivity index (χ4n) is 1.05. The minimum absolute atomic E-state index is 0.840. The molecular formula is C12H9N2. The smallest absolute Gasteiger partial charge is 0.0857 e. The molecule has 0 amide bonds. The zero-order chi connectivity index (χ0) is 9.64. The van der Waals surface area contributed by atoms with Gasteiger partial charge in [-0.1, -0.05) is 30.3 Å². The first-order valence-electron chi connectivity index (χ1n) is 4.38. The summed E-state index contributed by atoms with van der Waals surface area (Å²) in [5.41, 5.74) is 1.70. The summed E-state index contributed by atoms with van der Waals surface area (Å²) in [6, 6.07) is 20.0. The Hall–Kier alpha value is -1.96. The van der Waals surface area contributed by atoms with Crippen LogP contribution in [-0.4, -0.2) is 0 Å². The van der Waals surface area contributed by atoms with E-state index in [1.54, 1.807) is 0 Å². The largest absolute Gasteiger partial charge is 0.151 e. The molecule has 0 aliphatic carbocycles. The predicted octanol–water partition coefficient (Wildman–Crippen LogP) is 3.90. The molecule has 0 fully saturated rings. The first-order chi connectivity index (χ1) is 6.95. The molecule has 0 atom stereocenters. The van der Waals surface area contributed by atoms with E-state index in [0.717, 1.165) is 11.4 Å².